The van der Waals surface area contributed by atoms with Gasteiger partial charge >= 0.3 is 12.1 Å². The molecule has 0 radical (unpaired) electrons. The van der Waals surface area contributed by atoms with E-state index in [1.165, 1.54) is 11.1 Å². The van der Waals surface area contributed by atoms with E-state index in [9.17, 15) is 14.4 Å². The Balaban J connectivity index is 1.25. The predicted octanol–water partition coefficient (Wildman–Crippen LogP) is 4.26. The van der Waals surface area contributed by atoms with Gasteiger partial charge in [-0.2, -0.15) is 0 Å². The summed E-state index contributed by atoms with van der Waals surface area (Å²) in [5.41, 5.74) is 4.67. The van der Waals surface area contributed by atoms with Crippen molar-refractivity contribution in [1.82, 2.24) is 10.2 Å². The fourth-order valence-corrected chi connectivity index (χ4v) is 4.93. The second-order valence-electron chi connectivity index (χ2n) is 9.44. The average Bonchev–Trinajstić information content (AvgIpc) is 3.11. The summed E-state index contributed by atoms with van der Waals surface area (Å²) in [4.78, 5) is 37.7. The number of alkyl carbamates (subject to hydrolysis) is 1. The van der Waals surface area contributed by atoms with Gasteiger partial charge < -0.3 is 20.1 Å². The van der Waals surface area contributed by atoms with E-state index in [0.29, 0.717) is 25.4 Å². The Hall–Kier alpha value is -3.35. The second-order valence-corrected chi connectivity index (χ2v) is 9.44. The van der Waals surface area contributed by atoms with E-state index in [0.717, 1.165) is 17.5 Å². The number of rotatable bonds is 9. The Bertz CT molecular complexity index is 1020. The Morgan fingerprint density at radius 3 is 2.21 bits per heavy atom. The number of likely N-dealkylation sites (tertiary alicyclic amines) is 1. The smallest absolute Gasteiger partial charge is 0.407 e. The van der Waals surface area contributed by atoms with Crippen molar-refractivity contribution >= 4 is 18.0 Å². The van der Waals surface area contributed by atoms with Gasteiger partial charge in [-0.05, 0) is 47.9 Å². The lowest BCUT2D eigenvalue weighted by molar-refractivity contribution is -0.143. The molecule has 4 rings (SSSR count). The Morgan fingerprint density at radius 1 is 1.03 bits per heavy atom. The lowest BCUT2D eigenvalue weighted by Gasteiger charge is -2.41. The van der Waals surface area contributed by atoms with Crippen molar-refractivity contribution in [2.24, 2.45) is 11.8 Å². The van der Waals surface area contributed by atoms with E-state index in [4.69, 9.17) is 9.84 Å². The van der Waals surface area contributed by atoms with Gasteiger partial charge in [-0.1, -0.05) is 55.5 Å². The molecule has 1 saturated heterocycles. The fraction of sp³-hybridized carbons (Fsp3) is 0.444. The maximum atomic E-state index is 12.8. The molecule has 34 heavy (non-hydrogen) atoms. The molecule has 0 aromatic heterocycles. The van der Waals surface area contributed by atoms with E-state index in [1.807, 2.05) is 38.1 Å². The molecule has 0 spiro atoms. The van der Waals surface area contributed by atoms with Gasteiger partial charge in [0, 0.05) is 31.5 Å². The van der Waals surface area contributed by atoms with E-state index in [1.54, 1.807) is 4.90 Å². The number of fused-ring (bicyclic) bond motifs is 3. The first-order valence-corrected chi connectivity index (χ1v) is 12.0. The van der Waals surface area contributed by atoms with E-state index in [-0.39, 0.29) is 36.8 Å². The Labute approximate surface area is 200 Å². The van der Waals surface area contributed by atoms with E-state index in [2.05, 4.69) is 29.6 Å². The molecule has 2 atom stereocenters. The standard InChI is InChI=1S/C27H32N2O5/c1-17(26(32)29-14-19(15-29)8-7-13-25(30)31)18(2)28-27(33)34-16-24-22-11-5-3-9-20(22)21-10-4-6-12-23(21)24/h3-6,9-12,17-19,24H,7-8,13-16H2,1-2H3,(H,28,33)(H,30,31). The van der Waals surface area contributed by atoms with Crippen molar-refractivity contribution in [3.8, 4) is 11.1 Å². The number of carbonyl (C=O) groups excluding carboxylic acids is 2. The molecule has 1 aliphatic carbocycles. The molecule has 1 aliphatic heterocycles. The molecule has 2 N–H and O–H groups in total. The van der Waals surface area contributed by atoms with Gasteiger partial charge in [0.25, 0.3) is 0 Å². The third kappa shape index (κ3) is 5.08. The lowest BCUT2D eigenvalue weighted by atomic mass is 9.91. The number of aliphatic carboxylic acids is 1. The number of ether oxygens (including phenoxy) is 1. The summed E-state index contributed by atoms with van der Waals surface area (Å²) in [5, 5.41) is 11.6. The highest BCUT2D eigenvalue weighted by atomic mass is 16.5. The number of carboxylic acid groups (broad SMARTS) is 1. The number of carbonyl (C=O) groups is 3. The topological polar surface area (TPSA) is 95.9 Å². The molecule has 1 fully saturated rings. The minimum atomic E-state index is -0.783. The van der Waals surface area contributed by atoms with Gasteiger partial charge in [0.15, 0.2) is 0 Å². The van der Waals surface area contributed by atoms with Crippen molar-refractivity contribution in [3.63, 3.8) is 0 Å². The molecule has 0 bridgehead atoms. The van der Waals surface area contributed by atoms with Crippen molar-refractivity contribution in [1.29, 1.82) is 0 Å². The zero-order valence-corrected chi connectivity index (χ0v) is 19.7. The van der Waals surface area contributed by atoms with Crippen LogP contribution in [-0.4, -0.2) is 53.7 Å². The molecular weight excluding hydrogens is 432 g/mol. The molecule has 2 aromatic carbocycles. The molecular formula is C27H32N2O5. The summed E-state index contributed by atoms with van der Waals surface area (Å²) in [6.07, 6.45) is 1.10. The third-order valence-electron chi connectivity index (χ3n) is 7.10. The third-order valence-corrected chi connectivity index (χ3v) is 7.10. The van der Waals surface area contributed by atoms with Crippen LogP contribution in [0.25, 0.3) is 11.1 Å². The van der Waals surface area contributed by atoms with Crippen LogP contribution in [0.3, 0.4) is 0 Å². The number of nitrogens with one attached hydrogen (secondary N) is 1. The van der Waals surface area contributed by atoms with Crippen LogP contribution in [0.2, 0.25) is 0 Å². The summed E-state index contributed by atoms with van der Waals surface area (Å²) >= 11 is 0. The minimum Gasteiger partial charge on any atom is -0.481 e. The quantitative estimate of drug-likeness (QED) is 0.578. The van der Waals surface area contributed by atoms with E-state index < -0.39 is 12.1 Å². The van der Waals surface area contributed by atoms with Gasteiger partial charge in [-0.25, -0.2) is 4.79 Å². The molecule has 2 aromatic rings. The summed E-state index contributed by atoms with van der Waals surface area (Å²) < 4.78 is 5.60. The van der Waals surface area contributed by atoms with Crippen molar-refractivity contribution in [3.05, 3.63) is 59.7 Å². The van der Waals surface area contributed by atoms with Gasteiger partial charge in [0.05, 0.1) is 5.92 Å². The first-order chi connectivity index (χ1) is 16.3. The first kappa shape index (κ1) is 23.8. The number of hydrogen-bond donors (Lipinski definition) is 2. The Morgan fingerprint density at radius 2 is 1.62 bits per heavy atom. The number of amides is 2. The highest BCUT2D eigenvalue weighted by Crippen LogP contribution is 2.44. The normalized spacial score (nSPS) is 16.7. The summed E-state index contributed by atoms with van der Waals surface area (Å²) in [7, 11) is 0. The molecule has 2 unspecified atom stereocenters. The number of benzene rings is 2. The zero-order valence-electron chi connectivity index (χ0n) is 19.7. The predicted molar refractivity (Wildman–Crippen MR) is 128 cm³/mol. The summed E-state index contributed by atoms with van der Waals surface area (Å²) in [6.45, 7) is 5.17. The molecule has 180 valence electrons. The average molecular weight is 465 g/mol. The van der Waals surface area contributed by atoms with Gasteiger partial charge in [-0.3, -0.25) is 9.59 Å². The molecule has 2 aliphatic rings. The monoisotopic (exact) mass is 464 g/mol. The minimum absolute atomic E-state index is 0.000863. The number of hydrogen-bond acceptors (Lipinski definition) is 4. The van der Waals surface area contributed by atoms with Crippen LogP contribution < -0.4 is 5.32 Å². The molecule has 7 nitrogen and oxygen atoms in total. The number of nitrogens with zero attached hydrogens (tertiary/aromatic N) is 1. The lowest BCUT2D eigenvalue weighted by Crippen LogP contribution is -2.54. The Kier molecular flexibility index (Phi) is 7.20. The van der Waals surface area contributed by atoms with Gasteiger partial charge in [0.1, 0.15) is 6.61 Å². The van der Waals surface area contributed by atoms with Crippen molar-refractivity contribution in [2.75, 3.05) is 19.7 Å². The highest BCUT2D eigenvalue weighted by Gasteiger charge is 2.35. The molecule has 1 heterocycles. The van der Waals surface area contributed by atoms with Crippen LogP contribution in [-0.2, 0) is 14.3 Å². The van der Waals surface area contributed by atoms with Gasteiger partial charge in [0.2, 0.25) is 5.91 Å². The molecule has 2 amide bonds. The van der Waals surface area contributed by atoms with Crippen LogP contribution in [0.4, 0.5) is 4.79 Å². The van der Waals surface area contributed by atoms with Crippen molar-refractivity contribution < 1.29 is 24.2 Å². The molecule has 0 saturated carbocycles. The van der Waals surface area contributed by atoms with Crippen molar-refractivity contribution in [2.45, 2.75) is 45.1 Å². The first-order valence-electron chi connectivity index (χ1n) is 12.0. The largest absolute Gasteiger partial charge is 0.481 e. The van der Waals surface area contributed by atoms with Gasteiger partial charge in [-0.15, -0.1) is 0 Å². The maximum Gasteiger partial charge on any atom is 0.407 e. The summed E-state index contributed by atoms with van der Waals surface area (Å²) in [6, 6.07) is 16.0. The van der Waals surface area contributed by atoms with Crippen LogP contribution >= 0.6 is 0 Å². The molecule has 7 heteroatoms. The van der Waals surface area contributed by atoms with Crippen LogP contribution in [0, 0.1) is 11.8 Å². The fourth-order valence-electron chi connectivity index (χ4n) is 4.93. The van der Waals surface area contributed by atoms with Crippen LogP contribution in [0.15, 0.2) is 48.5 Å². The summed E-state index contributed by atoms with van der Waals surface area (Å²) in [5.74, 6) is -0.803. The second kappa shape index (κ2) is 10.3. The van der Waals surface area contributed by atoms with Crippen LogP contribution in [0.5, 0.6) is 0 Å². The van der Waals surface area contributed by atoms with Crippen LogP contribution in [0.1, 0.15) is 50.2 Å². The zero-order chi connectivity index (χ0) is 24.2. The maximum absolute atomic E-state index is 12.8. The van der Waals surface area contributed by atoms with E-state index >= 15 is 0 Å². The highest BCUT2D eigenvalue weighted by molar-refractivity contribution is 5.81. The SMILES string of the molecule is CC(NC(=O)OCC1c2ccccc2-c2ccccc21)C(C)C(=O)N1CC(CCCC(=O)O)C1. The number of carboxylic acids is 1.